The fourth-order valence-electron chi connectivity index (χ4n) is 4.42. The van der Waals surface area contributed by atoms with E-state index in [1.165, 1.54) is 32.6 Å². The van der Waals surface area contributed by atoms with Gasteiger partial charge in [0.15, 0.2) is 0 Å². The minimum Gasteiger partial charge on any atom is -0.361 e. The van der Waals surface area contributed by atoms with E-state index in [2.05, 4.69) is 79.6 Å². The summed E-state index contributed by atoms with van der Waals surface area (Å²) >= 11 is 0. The third-order valence-corrected chi connectivity index (χ3v) is 8.56. The van der Waals surface area contributed by atoms with Gasteiger partial charge >= 0.3 is 0 Å². The molecule has 0 saturated carbocycles. The van der Waals surface area contributed by atoms with E-state index in [0.29, 0.717) is 0 Å². The molecule has 0 atom stereocenters. The number of nitrogens with one attached hydrogen (secondary N) is 4. The number of hydrogen-bond donors (Lipinski definition) is 4. The molecule has 0 radical (unpaired) electrons. The van der Waals surface area contributed by atoms with Gasteiger partial charge in [0.1, 0.15) is 0 Å². The lowest BCUT2D eigenvalue weighted by Gasteiger charge is -2.09. The summed E-state index contributed by atoms with van der Waals surface area (Å²) in [6, 6.07) is 21.1. The maximum absolute atomic E-state index is 3.37. The fourth-order valence-corrected chi connectivity index (χ4v) is 6.80. The Morgan fingerprint density at radius 1 is 0.529 bits per heavy atom. The van der Waals surface area contributed by atoms with Crippen molar-refractivity contribution in [2.75, 3.05) is 0 Å². The highest BCUT2D eigenvalue weighted by atomic mass is 33.1. The normalized spacial score (nSPS) is 11.5. The second-order valence-electron chi connectivity index (χ2n) is 8.11. The first-order valence-corrected chi connectivity index (χ1v) is 13.1. The average Bonchev–Trinajstić information content (AvgIpc) is 3.67. The highest BCUT2D eigenvalue weighted by molar-refractivity contribution is 8.76. The molecule has 8 heteroatoms. The molecule has 0 amide bonds. The molecule has 0 aliphatic rings. The van der Waals surface area contributed by atoms with Crippen LogP contribution in [0, 0.1) is 0 Å². The van der Waals surface area contributed by atoms with Gasteiger partial charge in [0.2, 0.25) is 0 Å². The minimum atomic E-state index is 1.10. The van der Waals surface area contributed by atoms with Gasteiger partial charge in [-0.15, -0.1) is 0 Å². The molecule has 0 aliphatic heterocycles. The molecule has 0 aliphatic carbocycles. The van der Waals surface area contributed by atoms with Crippen molar-refractivity contribution in [3.05, 3.63) is 85.5 Å². The second-order valence-corrected chi connectivity index (χ2v) is 10.3. The van der Waals surface area contributed by atoms with Crippen LogP contribution < -0.4 is 0 Å². The summed E-state index contributed by atoms with van der Waals surface area (Å²) in [6.45, 7) is 0. The molecule has 6 heterocycles. The smallest absolute Gasteiger partial charge is 0.0869 e. The molecular weight excluding hydrogens is 460 g/mol. The van der Waals surface area contributed by atoms with Crippen LogP contribution in [-0.2, 0) is 14.1 Å². The largest absolute Gasteiger partial charge is 0.361 e. The number of nitrogens with zero attached hydrogens (tertiary/aromatic N) is 2. The summed E-state index contributed by atoms with van der Waals surface area (Å²) in [5.74, 6) is 0. The minimum absolute atomic E-state index is 1.10. The topological polar surface area (TPSA) is 73.0 Å². The van der Waals surface area contributed by atoms with Crippen LogP contribution in [0.25, 0.3) is 45.3 Å². The number of aromatic nitrogens is 6. The summed E-state index contributed by atoms with van der Waals surface area (Å²) < 4.78 is 4.53. The Bertz CT molecular complexity index is 1380. The van der Waals surface area contributed by atoms with Crippen LogP contribution in [0.5, 0.6) is 0 Å². The van der Waals surface area contributed by atoms with Gasteiger partial charge in [0, 0.05) is 61.4 Å². The van der Waals surface area contributed by atoms with Crippen LogP contribution in [-0.4, -0.2) is 29.1 Å². The van der Waals surface area contributed by atoms with Gasteiger partial charge in [-0.2, -0.15) is 0 Å². The number of H-pyrrole nitrogens is 4. The molecule has 0 fully saturated rings. The Balaban J connectivity index is 1.37. The molecule has 0 bridgehead atoms. The van der Waals surface area contributed by atoms with Gasteiger partial charge in [-0.05, 0) is 82.3 Å². The zero-order chi connectivity index (χ0) is 23.1. The number of hydrogen-bond acceptors (Lipinski definition) is 2. The van der Waals surface area contributed by atoms with E-state index in [0.717, 1.165) is 22.8 Å². The first kappa shape index (κ1) is 20.9. The monoisotopic (exact) mass is 484 g/mol. The molecule has 0 spiro atoms. The summed E-state index contributed by atoms with van der Waals surface area (Å²) in [4.78, 5) is 13.5. The van der Waals surface area contributed by atoms with Gasteiger partial charge in [-0.1, -0.05) is 0 Å². The number of rotatable bonds is 7. The van der Waals surface area contributed by atoms with Crippen LogP contribution in [0.1, 0.15) is 0 Å². The van der Waals surface area contributed by atoms with Gasteiger partial charge in [-0.25, -0.2) is 0 Å². The predicted octanol–water partition coefficient (Wildman–Crippen LogP) is 7.14. The van der Waals surface area contributed by atoms with Crippen molar-refractivity contribution in [1.82, 2.24) is 29.1 Å². The molecule has 0 aromatic carbocycles. The second kappa shape index (κ2) is 8.62. The third-order valence-electron chi connectivity index (χ3n) is 6.07. The van der Waals surface area contributed by atoms with Crippen LogP contribution >= 0.6 is 21.6 Å². The summed E-state index contributed by atoms with van der Waals surface area (Å²) in [5.41, 5.74) is 9.13. The predicted molar refractivity (Wildman–Crippen MR) is 142 cm³/mol. The van der Waals surface area contributed by atoms with E-state index in [9.17, 15) is 0 Å². The molecule has 4 N–H and O–H groups in total. The summed E-state index contributed by atoms with van der Waals surface area (Å²) in [5, 5.41) is 2.37. The van der Waals surface area contributed by atoms with Crippen molar-refractivity contribution in [3.63, 3.8) is 0 Å². The highest BCUT2D eigenvalue weighted by Crippen LogP contribution is 2.46. The number of aromatic amines is 4. The first-order valence-electron chi connectivity index (χ1n) is 11.0. The van der Waals surface area contributed by atoms with Crippen LogP contribution in [0.4, 0.5) is 0 Å². The van der Waals surface area contributed by atoms with E-state index in [1.807, 2.05) is 49.1 Å². The average molecular weight is 485 g/mol. The molecule has 6 nitrogen and oxygen atoms in total. The van der Waals surface area contributed by atoms with E-state index < -0.39 is 0 Å². The molecule has 170 valence electrons. The van der Waals surface area contributed by atoms with Gasteiger partial charge in [0.25, 0.3) is 0 Å². The molecule has 0 saturated heterocycles. The molecule has 0 unspecified atom stereocenters. The maximum Gasteiger partial charge on any atom is 0.0869 e. The fraction of sp³-hybridized carbons (Fsp3) is 0.0769. The molecule has 6 aromatic rings. The lowest BCUT2D eigenvalue weighted by atomic mass is 10.1. The standard InChI is InChI=1S/C26H24N6S2/c1-31-23(15-17(19-7-3-11-27-19)25(31)21-9-5-13-29-21)33-34-24-16-18(20-8-4-12-28-20)26(32(24)2)22-10-6-14-30-22/h3-16,27-30H,1-2H3. The maximum atomic E-state index is 3.37. The van der Waals surface area contributed by atoms with Crippen molar-refractivity contribution in [2.45, 2.75) is 10.1 Å². The Morgan fingerprint density at radius 3 is 1.21 bits per heavy atom. The van der Waals surface area contributed by atoms with Crippen molar-refractivity contribution < 1.29 is 0 Å². The zero-order valence-electron chi connectivity index (χ0n) is 18.8. The van der Waals surface area contributed by atoms with Crippen molar-refractivity contribution in [2.24, 2.45) is 14.1 Å². The first-order chi connectivity index (χ1) is 16.7. The van der Waals surface area contributed by atoms with Crippen molar-refractivity contribution in [3.8, 4) is 45.3 Å². The summed E-state index contributed by atoms with van der Waals surface area (Å²) in [7, 11) is 7.80. The SMILES string of the molecule is Cn1c(SSc2cc(-c3ccc[nH]3)c(-c3ccc[nH]3)n2C)cc(-c2ccc[nH]2)c1-c1ccc[nH]1. The highest BCUT2D eigenvalue weighted by Gasteiger charge is 2.21. The van der Waals surface area contributed by atoms with E-state index in [1.54, 1.807) is 21.6 Å². The third kappa shape index (κ3) is 3.55. The van der Waals surface area contributed by atoms with Crippen LogP contribution in [0.3, 0.4) is 0 Å². The quantitative estimate of drug-likeness (QED) is 0.182. The van der Waals surface area contributed by atoms with Gasteiger partial charge < -0.3 is 29.1 Å². The van der Waals surface area contributed by atoms with Crippen LogP contribution in [0.15, 0.2) is 95.5 Å². The Morgan fingerprint density at radius 2 is 0.882 bits per heavy atom. The zero-order valence-corrected chi connectivity index (χ0v) is 20.4. The molecule has 6 rings (SSSR count). The lowest BCUT2D eigenvalue weighted by Crippen LogP contribution is -1.95. The van der Waals surface area contributed by atoms with E-state index >= 15 is 0 Å². The van der Waals surface area contributed by atoms with Gasteiger partial charge in [-0.3, -0.25) is 0 Å². The van der Waals surface area contributed by atoms with E-state index in [-0.39, 0.29) is 0 Å². The van der Waals surface area contributed by atoms with Crippen LogP contribution in [0.2, 0.25) is 0 Å². The molecule has 6 aromatic heterocycles. The van der Waals surface area contributed by atoms with Gasteiger partial charge in [0.05, 0.1) is 32.8 Å². The Hall–Kier alpha value is -3.62. The lowest BCUT2D eigenvalue weighted by molar-refractivity contribution is 0.834. The summed E-state index contributed by atoms with van der Waals surface area (Å²) in [6.07, 6.45) is 7.88. The van der Waals surface area contributed by atoms with Crippen molar-refractivity contribution >= 4 is 21.6 Å². The van der Waals surface area contributed by atoms with E-state index in [4.69, 9.17) is 0 Å². The van der Waals surface area contributed by atoms with Crippen molar-refractivity contribution in [1.29, 1.82) is 0 Å². The Labute approximate surface area is 205 Å². The Kier molecular flexibility index (Phi) is 5.31. The molecular formula is C26H24N6S2. The molecule has 34 heavy (non-hydrogen) atoms.